The van der Waals surface area contributed by atoms with Gasteiger partial charge in [0.1, 0.15) is 11.5 Å². The third-order valence-corrected chi connectivity index (χ3v) is 4.72. The van der Waals surface area contributed by atoms with Gasteiger partial charge in [-0.05, 0) is 73.7 Å². The number of hydrogen-bond acceptors (Lipinski definition) is 3. The molecule has 0 aliphatic heterocycles. The maximum atomic E-state index is 6.04. The molecule has 0 saturated heterocycles. The molecular formula is C25H23NO2. The van der Waals surface area contributed by atoms with Gasteiger partial charge in [0, 0.05) is 5.57 Å². The lowest BCUT2D eigenvalue weighted by atomic mass is 10.1. The summed E-state index contributed by atoms with van der Waals surface area (Å²) >= 11 is 0. The van der Waals surface area contributed by atoms with E-state index >= 15 is 0 Å². The van der Waals surface area contributed by atoms with E-state index in [1.165, 1.54) is 24.0 Å². The predicted molar refractivity (Wildman–Crippen MR) is 113 cm³/mol. The molecule has 0 saturated carbocycles. The van der Waals surface area contributed by atoms with Crippen LogP contribution in [-0.4, -0.2) is 5.90 Å². The molecule has 3 aromatic carbocycles. The highest BCUT2D eigenvalue weighted by Crippen LogP contribution is 2.26. The second-order valence-electron chi connectivity index (χ2n) is 6.87. The number of aliphatic imine (C=N–C) groups is 1. The molecule has 0 unspecified atom stereocenters. The fourth-order valence-corrected chi connectivity index (χ4v) is 3.24. The van der Waals surface area contributed by atoms with Gasteiger partial charge in [-0.25, -0.2) is 4.99 Å². The quantitative estimate of drug-likeness (QED) is 0.302. The highest BCUT2D eigenvalue weighted by Gasteiger charge is 2.12. The molecule has 28 heavy (non-hydrogen) atoms. The Balaban J connectivity index is 1.57. The highest BCUT2D eigenvalue weighted by atomic mass is 16.5. The number of nitrogens with zero attached hydrogens (tertiary/aromatic N) is 1. The van der Waals surface area contributed by atoms with Crippen LogP contribution in [0.15, 0.2) is 95.7 Å². The first kappa shape index (κ1) is 18.1. The normalized spacial score (nSPS) is 13.9. The van der Waals surface area contributed by atoms with E-state index in [1.807, 2.05) is 73.7 Å². The van der Waals surface area contributed by atoms with Gasteiger partial charge in [-0.2, -0.15) is 0 Å². The number of aryl methyl sites for hydroxylation is 2. The van der Waals surface area contributed by atoms with Crippen LogP contribution in [0.25, 0.3) is 0 Å². The molecule has 0 atom stereocenters. The van der Waals surface area contributed by atoms with Gasteiger partial charge in [0.2, 0.25) is 5.90 Å². The van der Waals surface area contributed by atoms with Crippen LogP contribution >= 0.6 is 0 Å². The Kier molecular flexibility index (Phi) is 5.53. The van der Waals surface area contributed by atoms with E-state index in [4.69, 9.17) is 9.47 Å². The van der Waals surface area contributed by atoms with Gasteiger partial charge in [0.05, 0.1) is 11.9 Å². The van der Waals surface area contributed by atoms with E-state index in [1.54, 1.807) is 6.26 Å². The minimum atomic E-state index is 0.513. The molecule has 0 fully saturated rings. The molecule has 140 valence electrons. The van der Waals surface area contributed by atoms with E-state index in [9.17, 15) is 0 Å². The minimum absolute atomic E-state index is 0.513. The lowest BCUT2D eigenvalue weighted by molar-refractivity contribution is 0.473. The Morgan fingerprint density at radius 1 is 0.821 bits per heavy atom. The summed E-state index contributed by atoms with van der Waals surface area (Å²) in [7, 11) is 0. The minimum Gasteiger partial charge on any atom is -0.465 e. The molecule has 3 heteroatoms. The third kappa shape index (κ3) is 4.49. The van der Waals surface area contributed by atoms with Gasteiger partial charge in [-0.3, -0.25) is 0 Å². The lowest BCUT2D eigenvalue weighted by Gasteiger charge is -2.10. The average molecular weight is 369 g/mol. The van der Waals surface area contributed by atoms with E-state index in [0.717, 1.165) is 29.2 Å². The van der Waals surface area contributed by atoms with Crippen LogP contribution in [-0.2, 0) is 12.8 Å². The van der Waals surface area contributed by atoms with Crippen molar-refractivity contribution in [2.24, 2.45) is 4.99 Å². The Hall–Kier alpha value is -3.33. The van der Waals surface area contributed by atoms with Crippen molar-refractivity contribution in [2.75, 3.05) is 0 Å². The number of rotatable bonds is 5. The molecule has 0 bridgehead atoms. The van der Waals surface area contributed by atoms with Crippen LogP contribution in [0.3, 0.4) is 0 Å². The van der Waals surface area contributed by atoms with Crippen LogP contribution < -0.4 is 9.47 Å². The van der Waals surface area contributed by atoms with E-state index < -0.39 is 0 Å². The van der Waals surface area contributed by atoms with Crippen LogP contribution in [0.2, 0.25) is 0 Å². The zero-order valence-corrected chi connectivity index (χ0v) is 16.0. The second kappa shape index (κ2) is 8.57. The van der Waals surface area contributed by atoms with Gasteiger partial charge >= 0.3 is 0 Å². The van der Waals surface area contributed by atoms with Gasteiger partial charge in [-0.1, -0.05) is 42.5 Å². The molecule has 1 aliphatic carbocycles. The summed E-state index contributed by atoms with van der Waals surface area (Å²) in [6, 6.07) is 25.8. The SMILES string of the molecule is C/C(=C\Oc1ccc2c(c1)CCC2)C(=Nc1ccccc1)Oc1ccccc1. The fraction of sp³-hybridized carbons (Fsp3) is 0.160. The summed E-state index contributed by atoms with van der Waals surface area (Å²) in [5, 5.41) is 0. The standard InChI is InChI=1S/C25H23NO2/c1-19(18-27-24-16-15-20-9-8-10-21(20)17-24)25(26-22-11-4-2-5-12-22)28-23-13-6-3-7-14-23/h2-7,11-18H,8-10H2,1H3/b19-18+,26-25?. The fourth-order valence-electron chi connectivity index (χ4n) is 3.24. The van der Waals surface area contributed by atoms with Crippen LogP contribution in [0.4, 0.5) is 5.69 Å². The van der Waals surface area contributed by atoms with Crippen molar-refractivity contribution in [2.45, 2.75) is 26.2 Å². The predicted octanol–water partition coefficient (Wildman–Crippen LogP) is 6.27. The van der Waals surface area contributed by atoms with E-state index in [0.29, 0.717) is 5.90 Å². The number of fused-ring (bicyclic) bond motifs is 1. The molecular weight excluding hydrogens is 346 g/mol. The molecule has 0 radical (unpaired) electrons. The number of benzene rings is 3. The van der Waals surface area contributed by atoms with Crippen molar-refractivity contribution in [3.8, 4) is 11.5 Å². The molecule has 3 aromatic rings. The van der Waals surface area contributed by atoms with E-state index in [-0.39, 0.29) is 0 Å². The Labute approximate surface area is 166 Å². The molecule has 0 aromatic heterocycles. The number of ether oxygens (including phenoxy) is 2. The Morgan fingerprint density at radius 2 is 1.54 bits per heavy atom. The zero-order chi connectivity index (χ0) is 19.2. The first-order valence-electron chi connectivity index (χ1n) is 9.60. The van der Waals surface area contributed by atoms with Crippen molar-refractivity contribution in [1.29, 1.82) is 0 Å². The monoisotopic (exact) mass is 369 g/mol. The topological polar surface area (TPSA) is 30.8 Å². The molecule has 0 N–H and O–H groups in total. The molecule has 1 aliphatic rings. The van der Waals surface area contributed by atoms with Crippen molar-refractivity contribution < 1.29 is 9.47 Å². The van der Waals surface area contributed by atoms with Gasteiger partial charge in [0.25, 0.3) is 0 Å². The maximum absolute atomic E-state index is 6.04. The first-order valence-corrected chi connectivity index (χ1v) is 9.60. The van der Waals surface area contributed by atoms with Crippen molar-refractivity contribution in [1.82, 2.24) is 0 Å². The van der Waals surface area contributed by atoms with Gasteiger partial charge in [-0.15, -0.1) is 0 Å². The van der Waals surface area contributed by atoms with Gasteiger partial charge < -0.3 is 9.47 Å². The molecule has 4 rings (SSSR count). The summed E-state index contributed by atoms with van der Waals surface area (Å²) in [6.45, 7) is 1.94. The average Bonchev–Trinajstić information content (AvgIpc) is 3.21. The smallest absolute Gasteiger partial charge is 0.225 e. The van der Waals surface area contributed by atoms with Crippen molar-refractivity contribution in [3.05, 3.63) is 102 Å². The largest absolute Gasteiger partial charge is 0.465 e. The molecule has 0 heterocycles. The Morgan fingerprint density at radius 3 is 2.32 bits per heavy atom. The van der Waals surface area contributed by atoms with Crippen molar-refractivity contribution in [3.63, 3.8) is 0 Å². The summed E-state index contributed by atoms with van der Waals surface area (Å²) in [5.41, 5.74) is 4.47. The summed E-state index contributed by atoms with van der Waals surface area (Å²) in [6.07, 6.45) is 5.24. The molecule has 0 amide bonds. The molecule has 3 nitrogen and oxygen atoms in total. The first-order chi connectivity index (χ1) is 13.8. The maximum Gasteiger partial charge on any atom is 0.225 e. The Bertz CT molecular complexity index is 992. The summed E-state index contributed by atoms with van der Waals surface area (Å²) in [4.78, 5) is 4.67. The van der Waals surface area contributed by atoms with Crippen LogP contribution in [0, 0.1) is 0 Å². The van der Waals surface area contributed by atoms with Crippen LogP contribution in [0.1, 0.15) is 24.5 Å². The van der Waals surface area contributed by atoms with E-state index in [2.05, 4.69) is 17.1 Å². The summed E-state index contributed by atoms with van der Waals surface area (Å²) < 4.78 is 12.0. The highest BCUT2D eigenvalue weighted by molar-refractivity contribution is 5.96. The zero-order valence-electron chi connectivity index (χ0n) is 16.0. The number of hydrogen-bond donors (Lipinski definition) is 0. The second-order valence-corrected chi connectivity index (χ2v) is 6.87. The molecule has 0 spiro atoms. The lowest BCUT2D eigenvalue weighted by Crippen LogP contribution is -2.10. The third-order valence-electron chi connectivity index (χ3n) is 4.72. The number of para-hydroxylation sites is 2. The van der Waals surface area contributed by atoms with Crippen molar-refractivity contribution >= 4 is 11.6 Å². The van der Waals surface area contributed by atoms with Gasteiger partial charge in [0.15, 0.2) is 0 Å². The van der Waals surface area contributed by atoms with Crippen LogP contribution in [0.5, 0.6) is 11.5 Å². The summed E-state index contributed by atoms with van der Waals surface area (Å²) in [5.74, 6) is 2.10.